The molecule has 1 atom stereocenters. The van der Waals surface area contributed by atoms with E-state index in [1.807, 2.05) is 53.6 Å². The van der Waals surface area contributed by atoms with Gasteiger partial charge >= 0.3 is 0 Å². The second-order valence-electron chi connectivity index (χ2n) is 7.88. The van der Waals surface area contributed by atoms with Gasteiger partial charge in [-0.15, -0.1) is 0 Å². The van der Waals surface area contributed by atoms with E-state index in [4.69, 9.17) is 11.6 Å². The zero-order chi connectivity index (χ0) is 20.9. The molecule has 2 aromatic carbocycles. The molecule has 1 aliphatic rings. The first-order valence-corrected chi connectivity index (χ1v) is 10.8. The first-order chi connectivity index (χ1) is 14.6. The number of hydrogen-bond donors (Lipinski definition) is 2. The second-order valence-corrected chi connectivity index (χ2v) is 8.32. The monoisotopic (exact) mass is 423 g/mol. The van der Waals surface area contributed by atoms with Gasteiger partial charge in [-0.2, -0.15) is 0 Å². The maximum atomic E-state index is 12.8. The van der Waals surface area contributed by atoms with Gasteiger partial charge in [-0.25, -0.2) is 0 Å². The molecule has 0 radical (unpaired) electrons. The number of para-hydroxylation sites is 1. The highest BCUT2D eigenvalue weighted by molar-refractivity contribution is 6.30. The van der Waals surface area contributed by atoms with Crippen molar-refractivity contribution in [1.29, 1.82) is 0 Å². The van der Waals surface area contributed by atoms with Crippen molar-refractivity contribution in [1.82, 2.24) is 15.2 Å². The number of aromatic nitrogens is 1. The molecule has 0 saturated carbocycles. The van der Waals surface area contributed by atoms with Crippen LogP contribution in [0, 0.1) is 5.92 Å². The predicted octanol–water partition coefficient (Wildman–Crippen LogP) is 4.31. The van der Waals surface area contributed by atoms with E-state index in [0.717, 1.165) is 36.0 Å². The normalized spacial score (nSPS) is 16.6. The van der Waals surface area contributed by atoms with Crippen molar-refractivity contribution in [3.8, 4) is 0 Å². The van der Waals surface area contributed by atoms with Crippen molar-refractivity contribution in [2.24, 2.45) is 5.92 Å². The quantitative estimate of drug-likeness (QED) is 0.620. The first-order valence-electron chi connectivity index (χ1n) is 10.4. The van der Waals surface area contributed by atoms with Crippen LogP contribution in [-0.4, -0.2) is 34.8 Å². The number of nitrogens with zero attached hydrogens (tertiary/aromatic N) is 1. The Labute approximate surface area is 181 Å². The molecule has 0 unspecified atom stereocenters. The van der Waals surface area contributed by atoms with E-state index in [0.29, 0.717) is 31.0 Å². The zero-order valence-electron chi connectivity index (χ0n) is 16.9. The minimum absolute atomic E-state index is 0.0130. The summed E-state index contributed by atoms with van der Waals surface area (Å²) in [5, 5.41) is 4.85. The third kappa shape index (κ3) is 4.85. The number of aromatic amines is 1. The largest absolute Gasteiger partial charge is 0.361 e. The van der Waals surface area contributed by atoms with E-state index in [1.165, 1.54) is 5.39 Å². The minimum Gasteiger partial charge on any atom is -0.361 e. The van der Waals surface area contributed by atoms with Crippen LogP contribution < -0.4 is 5.32 Å². The number of likely N-dealkylation sites (tertiary alicyclic amines) is 1. The second kappa shape index (κ2) is 9.35. The van der Waals surface area contributed by atoms with E-state index < -0.39 is 0 Å². The van der Waals surface area contributed by atoms with Crippen LogP contribution in [0.2, 0.25) is 5.02 Å². The number of amides is 2. The molecule has 2 heterocycles. The Morgan fingerprint density at radius 1 is 1.13 bits per heavy atom. The fourth-order valence-corrected chi connectivity index (χ4v) is 4.22. The molecule has 6 heteroatoms. The molecular formula is C24H26ClN3O2. The summed E-state index contributed by atoms with van der Waals surface area (Å²) in [5.41, 5.74) is 3.26. The van der Waals surface area contributed by atoms with Crippen molar-refractivity contribution >= 4 is 34.3 Å². The number of fused-ring (bicyclic) bond motifs is 1. The van der Waals surface area contributed by atoms with Gasteiger partial charge in [0, 0.05) is 48.2 Å². The number of carbonyl (C=O) groups is 2. The Morgan fingerprint density at radius 3 is 2.77 bits per heavy atom. The number of carbonyl (C=O) groups excluding carboxylic acids is 2. The number of H-pyrrole nitrogens is 1. The van der Waals surface area contributed by atoms with Gasteiger partial charge in [0.05, 0.1) is 5.92 Å². The van der Waals surface area contributed by atoms with Gasteiger partial charge in [-0.1, -0.05) is 41.9 Å². The van der Waals surface area contributed by atoms with Crippen molar-refractivity contribution in [2.75, 3.05) is 13.1 Å². The highest BCUT2D eigenvalue weighted by Gasteiger charge is 2.28. The molecule has 2 amide bonds. The molecule has 1 saturated heterocycles. The number of nitrogens with one attached hydrogen (secondary N) is 2. The molecule has 30 heavy (non-hydrogen) atoms. The van der Waals surface area contributed by atoms with Crippen molar-refractivity contribution < 1.29 is 9.59 Å². The van der Waals surface area contributed by atoms with E-state index in [-0.39, 0.29) is 17.7 Å². The molecule has 1 aromatic heterocycles. The van der Waals surface area contributed by atoms with Crippen LogP contribution in [0.3, 0.4) is 0 Å². The van der Waals surface area contributed by atoms with Crippen LogP contribution in [0.4, 0.5) is 0 Å². The molecule has 0 aliphatic carbocycles. The third-order valence-electron chi connectivity index (χ3n) is 5.81. The maximum Gasteiger partial charge on any atom is 0.225 e. The Morgan fingerprint density at radius 2 is 1.93 bits per heavy atom. The average molecular weight is 424 g/mol. The summed E-state index contributed by atoms with van der Waals surface area (Å²) in [4.78, 5) is 30.5. The average Bonchev–Trinajstić information content (AvgIpc) is 3.20. The molecule has 3 aromatic rings. The Bertz CT molecular complexity index is 1030. The number of hydrogen-bond acceptors (Lipinski definition) is 2. The van der Waals surface area contributed by atoms with Crippen molar-refractivity contribution in [3.05, 3.63) is 70.9 Å². The van der Waals surface area contributed by atoms with Crippen molar-refractivity contribution in [3.63, 3.8) is 0 Å². The van der Waals surface area contributed by atoms with E-state index in [1.54, 1.807) is 0 Å². The molecule has 156 valence electrons. The molecule has 4 rings (SSSR count). The minimum atomic E-state index is -0.150. The molecule has 0 bridgehead atoms. The van der Waals surface area contributed by atoms with Gasteiger partial charge in [0.2, 0.25) is 11.8 Å². The molecule has 5 nitrogen and oxygen atoms in total. The highest BCUT2D eigenvalue weighted by Crippen LogP contribution is 2.21. The summed E-state index contributed by atoms with van der Waals surface area (Å²) >= 11 is 5.90. The topological polar surface area (TPSA) is 65.2 Å². The molecule has 1 aliphatic heterocycles. The molecule has 1 fully saturated rings. The van der Waals surface area contributed by atoms with Crippen LogP contribution >= 0.6 is 11.6 Å². The van der Waals surface area contributed by atoms with Gasteiger partial charge in [0.25, 0.3) is 0 Å². The Kier molecular flexibility index (Phi) is 6.38. The molecule has 2 N–H and O–H groups in total. The van der Waals surface area contributed by atoms with Gasteiger partial charge in [-0.3, -0.25) is 9.59 Å². The van der Waals surface area contributed by atoms with Gasteiger partial charge in [-0.05, 0) is 48.6 Å². The summed E-state index contributed by atoms with van der Waals surface area (Å²) in [6, 6.07) is 15.6. The number of benzene rings is 2. The number of aryl methyl sites for hydroxylation is 1. The fraction of sp³-hybridized carbons (Fsp3) is 0.333. The summed E-state index contributed by atoms with van der Waals surface area (Å²) in [7, 11) is 0. The lowest BCUT2D eigenvalue weighted by Crippen LogP contribution is -2.45. The van der Waals surface area contributed by atoms with Crippen LogP contribution in [0.15, 0.2) is 54.7 Å². The lowest BCUT2D eigenvalue weighted by atomic mass is 9.96. The van der Waals surface area contributed by atoms with Crippen molar-refractivity contribution in [2.45, 2.75) is 32.2 Å². The summed E-state index contributed by atoms with van der Waals surface area (Å²) in [6.07, 6.45) is 4.82. The predicted molar refractivity (Wildman–Crippen MR) is 119 cm³/mol. The zero-order valence-corrected chi connectivity index (χ0v) is 17.6. The number of halogens is 1. The van der Waals surface area contributed by atoms with E-state index >= 15 is 0 Å². The van der Waals surface area contributed by atoms with Crippen LogP contribution in [0.1, 0.15) is 30.4 Å². The fourth-order valence-electron chi connectivity index (χ4n) is 4.09. The van der Waals surface area contributed by atoms with Gasteiger partial charge in [0.1, 0.15) is 0 Å². The molecular weight excluding hydrogens is 398 g/mol. The first kappa shape index (κ1) is 20.5. The SMILES string of the molecule is O=C(NCc1ccc(Cl)cc1)[C@@H]1CCCN(C(=O)CCc2c[nH]c3ccccc23)C1. The lowest BCUT2D eigenvalue weighted by Gasteiger charge is -2.32. The summed E-state index contributed by atoms with van der Waals surface area (Å²) in [6.45, 7) is 1.70. The van der Waals surface area contributed by atoms with Crippen LogP contribution in [0.25, 0.3) is 10.9 Å². The van der Waals surface area contributed by atoms with E-state index in [2.05, 4.69) is 16.4 Å². The maximum absolute atomic E-state index is 12.8. The Balaban J connectivity index is 1.28. The number of rotatable bonds is 6. The van der Waals surface area contributed by atoms with Gasteiger partial charge in [0.15, 0.2) is 0 Å². The summed E-state index contributed by atoms with van der Waals surface area (Å²) < 4.78 is 0. The van der Waals surface area contributed by atoms with E-state index in [9.17, 15) is 9.59 Å². The molecule has 0 spiro atoms. The van der Waals surface area contributed by atoms with Crippen LogP contribution in [-0.2, 0) is 22.6 Å². The summed E-state index contributed by atoms with van der Waals surface area (Å²) in [5.74, 6) is -0.0161. The van der Waals surface area contributed by atoms with Crippen LogP contribution in [0.5, 0.6) is 0 Å². The smallest absolute Gasteiger partial charge is 0.225 e. The number of piperidine rings is 1. The Hall–Kier alpha value is -2.79. The lowest BCUT2D eigenvalue weighted by molar-refractivity contribution is -0.135. The third-order valence-corrected chi connectivity index (χ3v) is 6.06. The van der Waals surface area contributed by atoms with Gasteiger partial charge < -0.3 is 15.2 Å². The highest BCUT2D eigenvalue weighted by atomic mass is 35.5. The standard InChI is InChI=1S/C24H26ClN3O2/c25-20-10-7-17(8-11-20)14-27-24(30)19-4-3-13-28(16-19)23(29)12-9-18-15-26-22-6-2-1-5-21(18)22/h1-2,5-8,10-11,15,19,26H,3-4,9,12-14,16H2,(H,27,30)/t19-/m1/s1.